The van der Waals surface area contributed by atoms with Crippen molar-refractivity contribution in [1.29, 1.82) is 0 Å². The molecule has 54 heavy (non-hydrogen) atoms. The van der Waals surface area contributed by atoms with E-state index in [0.717, 1.165) is 57.8 Å². The number of unbranched alkanes of at least 4 members (excludes halogenated alkanes) is 30. The third-order valence-electron chi connectivity index (χ3n) is 10.7. The minimum absolute atomic E-state index is 0.0315. The second-order valence-corrected chi connectivity index (χ2v) is 16.1. The fourth-order valence-corrected chi connectivity index (χ4v) is 7.04. The zero-order valence-electron chi connectivity index (χ0n) is 36.0. The first-order valence-corrected chi connectivity index (χ1v) is 23.6. The average molecular weight is 762 g/mol. The van der Waals surface area contributed by atoms with E-state index in [1.165, 1.54) is 161 Å². The predicted octanol–water partition coefficient (Wildman–Crippen LogP) is 13.6. The molecule has 0 aromatic carbocycles. The summed E-state index contributed by atoms with van der Waals surface area (Å²) in [6, 6.07) is -0.644. The Kier molecular flexibility index (Phi) is 42.7. The fraction of sp³-hybridized carbons (Fsp3) is 0.875. The molecule has 0 aliphatic carbocycles. The van der Waals surface area contributed by atoms with Crippen LogP contribution < -0.4 is 5.32 Å². The summed E-state index contributed by atoms with van der Waals surface area (Å²) in [4.78, 5) is 24.4. The van der Waals surface area contributed by atoms with Gasteiger partial charge in [-0.2, -0.15) is 0 Å². The van der Waals surface area contributed by atoms with Crippen LogP contribution in [-0.2, 0) is 14.3 Å². The van der Waals surface area contributed by atoms with Gasteiger partial charge in [0.15, 0.2) is 0 Å². The van der Waals surface area contributed by atoms with Crippen LogP contribution in [0, 0.1) is 0 Å². The summed E-state index contributed by atoms with van der Waals surface area (Å²) in [6.07, 6.45) is 50.2. The van der Waals surface area contributed by atoms with Gasteiger partial charge in [-0.1, -0.05) is 199 Å². The van der Waals surface area contributed by atoms with E-state index in [9.17, 15) is 19.8 Å². The molecule has 2 unspecified atom stereocenters. The van der Waals surface area contributed by atoms with E-state index in [2.05, 4.69) is 31.3 Å². The minimum Gasteiger partial charge on any atom is -0.466 e. The lowest BCUT2D eigenvalue weighted by atomic mass is 10.0. The van der Waals surface area contributed by atoms with Crippen molar-refractivity contribution in [2.24, 2.45) is 0 Å². The van der Waals surface area contributed by atoms with Crippen LogP contribution in [0.4, 0.5) is 0 Å². The molecule has 0 saturated carbocycles. The molecule has 0 aliphatic heterocycles. The smallest absolute Gasteiger partial charge is 0.305 e. The lowest BCUT2D eigenvalue weighted by Gasteiger charge is -2.20. The van der Waals surface area contributed by atoms with Gasteiger partial charge in [0.1, 0.15) is 0 Å². The van der Waals surface area contributed by atoms with Crippen molar-refractivity contribution >= 4 is 11.9 Å². The number of hydrogen-bond acceptors (Lipinski definition) is 5. The molecule has 0 rings (SSSR count). The summed E-state index contributed by atoms with van der Waals surface area (Å²) in [5.74, 6) is -0.123. The van der Waals surface area contributed by atoms with E-state index in [-0.39, 0.29) is 18.5 Å². The van der Waals surface area contributed by atoms with Crippen molar-refractivity contribution < 1.29 is 24.5 Å². The number of carbonyl (C=O) groups is 2. The maximum absolute atomic E-state index is 12.4. The number of esters is 1. The molecule has 0 heterocycles. The minimum atomic E-state index is -0.858. The largest absolute Gasteiger partial charge is 0.466 e. The van der Waals surface area contributed by atoms with Crippen LogP contribution in [-0.4, -0.2) is 47.4 Å². The zero-order chi connectivity index (χ0) is 39.4. The van der Waals surface area contributed by atoms with Gasteiger partial charge < -0.3 is 20.3 Å². The third kappa shape index (κ3) is 40.0. The topological polar surface area (TPSA) is 95.9 Å². The highest BCUT2D eigenvalue weighted by molar-refractivity contribution is 5.76. The van der Waals surface area contributed by atoms with Crippen LogP contribution in [0.15, 0.2) is 24.3 Å². The number of amides is 1. The van der Waals surface area contributed by atoms with E-state index in [1.54, 1.807) is 6.08 Å². The molecule has 0 bridgehead atoms. The van der Waals surface area contributed by atoms with E-state index < -0.39 is 12.1 Å². The average Bonchev–Trinajstić information content (AvgIpc) is 3.17. The SMILES string of the molecule is CCCCC/C=C\CCCCCCCC(=O)OCCCCCCCCCCCCC(=O)NC(CO)C(O)/C=C/CCCCCCCCCCCCCCC. The molecule has 1 amide bonds. The molecule has 0 saturated heterocycles. The van der Waals surface area contributed by atoms with Crippen LogP contribution in [0.5, 0.6) is 0 Å². The first kappa shape index (κ1) is 52.3. The van der Waals surface area contributed by atoms with E-state index in [1.807, 2.05) is 6.08 Å². The Balaban J connectivity index is 3.54. The van der Waals surface area contributed by atoms with E-state index in [0.29, 0.717) is 19.4 Å². The van der Waals surface area contributed by atoms with Gasteiger partial charge in [0.25, 0.3) is 0 Å². The van der Waals surface area contributed by atoms with Crippen LogP contribution in [0.2, 0.25) is 0 Å². The highest BCUT2D eigenvalue weighted by Gasteiger charge is 2.18. The Labute approximate surface area is 335 Å². The van der Waals surface area contributed by atoms with Crippen molar-refractivity contribution in [3.8, 4) is 0 Å². The molecule has 2 atom stereocenters. The van der Waals surface area contributed by atoms with Gasteiger partial charge in [0.05, 0.1) is 25.4 Å². The first-order chi connectivity index (χ1) is 26.5. The maximum atomic E-state index is 12.4. The predicted molar refractivity (Wildman–Crippen MR) is 232 cm³/mol. The van der Waals surface area contributed by atoms with Crippen molar-refractivity contribution in [2.75, 3.05) is 13.2 Å². The molecule has 0 spiro atoms. The number of carbonyl (C=O) groups excluding carboxylic acids is 2. The standard InChI is InChI=1S/C48H91NO5/c1-3-5-7-9-11-13-15-17-18-19-20-24-28-32-36-40-46(51)45(44-50)49-47(52)41-37-33-29-25-22-23-27-31-35-39-43-54-48(53)42-38-34-30-26-21-16-14-12-10-8-6-4-2/h12,14,36,40,45-46,50-51H,3-11,13,15-35,37-39,41-44H2,1-2H3,(H,49,52)/b14-12-,40-36+. The lowest BCUT2D eigenvalue weighted by Crippen LogP contribution is -2.45. The highest BCUT2D eigenvalue weighted by atomic mass is 16.5. The summed E-state index contributed by atoms with van der Waals surface area (Å²) in [6.45, 7) is 4.81. The fourth-order valence-electron chi connectivity index (χ4n) is 7.04. The summed E-state index contributed by atoms with van der Waals surface area (Å²) >= 11 is 0. The number of nitrogens with one attached hydrogen (secondary N) is 1. The Morgan fingerprint density at radius 3 is 1.35 bits per heavy atom. The number of hydrogen-bond donors (Lipinski definition) is 3. The van der Waals surface area contributed by atoms with Gasteiger partial charge in [-0.25, -0.2) is 0 Å². The maximum Gasteiger partial charge on any atom is 0.305 e. The molecule has 3 N–H and O–H groups in total. The molecule has 0 radical (unpaired) electrons. The molecule has 6 nitrogen and oxygen atoms in total. The monoisotopic (exact) mass is 762 g/mol. The van der Waals surface area contributed by atoms with Gasteiger partial charge in [-0.15, -0.1) is 0 Å². The van der Waals surface area contributed by atoms with Gasteiger partial charge in [-0.05, 0) is 57.8 Å². The lowest BCUT2D eigenvalue weighted by molar-refractivity contribution is -0.143. The Bertz CT molecular complexity index is 843. The molecular weight excluding hydrogens is 671 g/mol. The molecule has 6 heteroatoms. The van der Waals surface area contributed by atoms with Crippen LogP contribution in [0.1, 0.15) is 245 Å². The Hall–Kier alpha value is -1.66. The van der Waals surface area contributed by atoms with E-state index >= 15 is 0 Å². The van der Waals surface area contributed by atoms with Crippen LogP contribution in [0.3, 0.4) is 0 Å². The molecule has 0 aliphatic rings. The quantitative estimate of drug-likeness (QED) is 0.0327. The second-order valence-electron chi connectivity index (χ2n) is 16.1. The number of allylic oxidation sites excluding steroid dienone is 3. The van der Waals surface area contributed by atoms with E-state index in [4.69, 9.17) is 4.74 Å². The number of aliphatic hydroxyl groups is 2. The Morgan fingerprint density at radius 2 is 0.870 bits per heavy atom. The summed E-state index contributed by atoms with van der Waals surface area (Å²) in [7, 11) is 0. The highest BCUT2D eigenvalue weighted by Crippen LogP contribution is 2.15. The van der Waals surface area contributed by atoms with Gasteiger partial charge in [-0.3, -0.25) is 9.59 Å². The van der Waals surface area contributed by atoms with Crippen molar-refractivity contribution in [2.45, 2.75) is 257 Å². The van der Waals surface area contributed by atoms with Crippen molar-refractivity contribution in [1.82, 2.24) is 5.32 Å². The van der Waals surface area contributed by atoms with Crippen molar-refractivity contribution in [3.63, 3.8) is 0 Å². The van der Waals surface area contributed by atoms with Crippen molar-refractivity contribution in [3.05, 3.63) is 24.3 Å². The normalized spacial score (nSPS) is 12.9. The molecule has 318 valence electrons. The molecule has 0 fully saturated rings. The number of aliphatic hydroxyl groups excluding tert-OH is 2. The Morgan fingerprint density at radius 1 is 0.500 bits per heavy atom. The van der Waals surface area contributed by atoms with Gasteiger partial charge in [0, 0.05) is 12.8 Å². The molecular formula is C48H91NO5. The zero-order valence-corrected chi connectivity index (χ0v) is 36.0. The third-order valence-corrected chi connectivity index (χ3v) is 10.7. The summed E-state index contributed by atoms with van der Waals surface area (Å²) < 4.78 is 5.43. The summed E-state index contributed by atoms with van der Waals surface area (Å²) in [5, 5.41) is 23.0. The number of ether oxygens (including phenoxy) is 1. The first-order valence-electron chi connectivity index (χ1n) is 23.6. The second kappa shape index (κ2) is 44.1. The van der Waals surface area contributed by atoms with Gasteiger partial charge in [0.2, 0.25) is 5.91 Å². The molecule has 0 aromatic heterocycles. The van der Waals surface area contributed by atoms with Crippen LogP contribution in [0.25, 0.3) is 0 Å². The van der Waals surface area contributed by atoms with Gasteiger partial charge >= 0.3 is 5.97 Å². The summed E-state index contributed by atoms with van der Waals surface area (Å²) in [5.41, 5.74) is 0. The molecule has 0 aromatic rings. The van der Waals surface area contributed by atoms with Crippen LogP contribution >= 0.6 is 0 Å². The number of rotatable bonds is 43.